The molecule has 0 radical (unpaired) electrons. The van der Waals surface area contributed by atoms with Crippen LogP contribution in [0.3, 0.4) is 0 Å². The van der Waals surface area contributed by atoms with Crippen molar-refractivity contribution in [3.63, 3.8) is 0 Å². The Bertz CT molecular complexity index is 803. The van der Waals surface area contributed by atoms with Crippen molar-refractivity contribution in [1.29, 1.82) is 0 Å². The molecule has 2 aromatic heterocycles. The van der Waals surface area contributed by atoms with Crippen molar-refractivity contribution in [2.75, 3.05) is 5.73 Å². The molecule has 132 valence electrons. The van der Waals surface area contributed by atoms with Gasteiger partial charge in [0.25, 0.3) is 0 Å². The third-order valence-electron chi connectivity index (χ3n) is 3.43. The Balaban J connectivity index is 1.89. The van der Waals surface area contributed by atoms with Crippen molar-refractivity contribution >= 4 is 58.1 Å². The number of nitrogens with two attached hydrogens (primary N) is 1. The quantitative estimate of drug-likeness (QED) is 0.203. The molecule has 1 aliphatic heterocycles. The topological polar surface area (TPSA) is 169 Å². The minimum Gasteiger partial charge on any atom is -0.387 e. The van der Waals surface area contributed by atoms with Crippen molar-refractivity contribution in [2.24, 2.45) is 0 Å². The van der Waals surface area contributed by atoms with Gasteiger partial charge in [-0.3, -0.25) is 9.09 Å². The summed E-state index contributed by atoms with van der Waals surface area (Å²) in [6.07, 6.45) is -2.17. The van der Waals surface area contributed by atoms with E-state index in [0.717, 1.165) is 0 Å². The van der Waals surface area contributed by atoms with Gasteiger partial charge in [0, 0.05) is 0 Å². The molecule has 24 heavy (non-hydrogen) atoms. The summed E-state index contributed by atoms with van der Waals surface area (Å²) in [5.41, 5.74) is 6.36. The number of nitrogens with zero attached hydrogens (tertiary/aromatic N) is 4. The fourth-order valence-electron chi connectivity index (χ4n) is 2.38. The van der Waals surface area contributed by atoms with Crippen LogP contribution in [-0.4, -0.2) is 61.9 Å². The third kappa shape index (κ3) is 3.40. The molecule has 5 atom stereocenters. The Morgan fingerprint density at radius 3 is 2.71 bits per heavy atom. The number of hydrogen-bond acceptors (Lipinski definition) is 9. The summed E-state index contributed by atoms with van der Waals surface area (Å²) in [7, 11) is 0. The lowest BCUT2D eigenvalue weighted by Crippen LogP contribution is -2.36. The summed E-state index contributed by atoms with van der Waals surface area (Å²) in [5.74, 6) is 0.166. The molecule has 0 aliphatic carbocycles. The highest BCUT2D eigenvalue weighted by Gasteiger charge is 2.48. The van der Waals surface area contributed by atoms with E-state index in [-0.39, 0.29) is 5.82 Å². The van der Waals surface area contributed by atoms with Gasteiger partial charge < -0.3 is 30.5 Å². The molecular weight excluding hydrogens is 476 g/mol. The Morgan fingerprint density at radius 2 is 2.04 bits per heavy atom. The molecule has 6 N–H and O–H groups in total. The van der Waals surface area contributed by atoms with E-state index < -0.39 is 35.4 Å². The maximum Gasteiger partial charge on any atom is 0.323 e. The Morgan fingerprint density at radius 1 is 1.33 bits per heavy atom. The normalized spacial score (nSPS) is 29.2. The van der Waals surface area contributed by atoms with E-state index in [1.165, 1.54) is 17.2 Å². The van der Waals surface area contributed by atoms with Gasteiger partial charge in [0.1, 0.15) is 34.3 Å². The molecule has 1 unspecified atom stereocenters. The largest absolute Gasteiger partial charge is 0.387 e. The molecule has 3 heterocycles. The van der Waals surface area contributed by atoms with Crippen molar-refractivity contribution in [3.8, 4) is 0 Å². The molecular formula is C10H13IN5O6PS. The SMILES string of the molecule is Nc1ncnc2c1ncn2[C@@H]1O[C@H](C(I)OP(O)(O)=S)[C@@H](O)[C@H]1O. The first kappa shape index (κ1) is 18.3. The molecule has 1 saturated heterocycles. The zero-order valence-corrected chi connectivity index (χ0v) is 15.6. The van der Waals surface area contributed by atoms with Crippen LogP contribution in [0.2, 0.25) is 0 Å². The molecule has 14 heteroatoms. The van der Waals surface area contributed by atoms with Crippen LogP contribution >= 0.6 is 29.3 Å². The molecule has 0 saturated carbocycles. The number of alkyl halides is 1. The molecule has 0 aromatic carbocycles. The number of rotatable bonds is 4. The van der Waals surface area contributed by atoms with Crippen LogP contribution in [0.1, 0.15) is 6.23 Å². The highest BCUT2D eigenvalue weighted by Crippen LogP contribution is 2.44. The molecule has 3 rings (SSSR count). The van der Waals surface area contributed by atoms with Crippen molar-refractivity contribution in [2.45, 2.75) is 28.7 Å². The number of halogens is 1. The van der Waals surface area contributed by atoms with E-state index in [0.29, 0.717) is 11.2 Å². The number of aliphatic hydroxyl groups is 2. The van der Waals surface area contributed by atoms with E-state index in [2.05, 4.69) is 26.8 Å². The molecule has 11 nitrogen and oxygen atoms in total. The smallest absolute Gasteiger partial charge is 0.323 e. The van der Waals surface area contributed by atoms with E-state index >= 15 is 0 Å². The predicted octanol–water partition coefficient (Wildman–Crippen LogP) is -0.986. The number of hydrogen-bond donors (Lipinski definition) is 5. The number of aromatic nitrogens is 4. The van der Waals surface area contributed by atoms with Crippen LogP contribution in [0.5, 0.6) is 0 Å². The third-order valence-corrected chi connectivity index (χ3v) is 5.56. The van der Waals surface area contributed by atoms with Crippen LogP contribution in [0, 0.1) is 0 Å². The van der Waals surface area contributed by atoms with Gasteiger partial charge in [0.2, 0.25) is 0 Å². The van der Waals surface area contributed by atoms with Gasteiger partial charge in [-0.25, -0.2) is 15.0 Å². The van der Waals surface area contributed by atoms with Crippen molar-refractivity contribution < 1.29 is 29.3 Å². The minimum absolute atomic E-state index is 0.166. The van der Waals surface area contributed by atoms with E-state index in [1.54, 1.807) is 22.6 Å². The first-order chi connectivity index (χ1) is 11.2. The zero-order valence-electron chi connectivity index (χ0n) is 11.7. The summed E-state index contributed by atoms with van der Waals surface area (Å²) in [6.45, 7) is -3.95. The molecule has 0 spiro atoms. The maximum absolute atomic E-state index is 10.3. The number of aliphatic hydroxyl groups excluding tert-OH is 2. The first-order valence-corrected chi connectivity index (χ1v) is 10.4. The lowest BCUT2D eigenvalue weighted by molar-refractivity contribution is -0.0528. The van der Waals surface area contributed by atoms with Gasteiger partial charge >= 0.3 is 6.72 Å². The van der Waals surface area contributed by atoms with Crippen molar-refractivity contribution in [3.05, 3.63) is 12.7 Å². The standard InChI is InChI=1S/C10H13IN5O6PS/c11-7(22-23(19,20)24)6-4(17)5(18)10(21-6)16-2-15-3-8(12)13-1-14-9(3)16/h1-2,4-7,10,17-18H,(H2,12,13,14)(H2,19,20,24)/t4-,5+,6-,7?,10+/m0/s1. The Labute approximate surface area is 153 Å². The van der Waals surface area contributed by atoms with Crippen LogP contribution in [0.4, 0.5) is 5.82 Å². The zero-order chi connectivity index (χ0) is 17.6. The number of fused-ring (bicyclic) bond motifs is 1. The average Bonchev–Trinajstić information content (AvgIpc) is 3.01. The van der Waals surface area contributed by atoms with Gasteiger partial charge in [-0.15, -0.1) is 0 Å². The molecule has 1 fully saturated rings. The monoisotopic (exact) mass is 489 g/mol. The fraction of sp³-hybridized carbons (Fsp3) is 0.500. The van der Waals surface area contributed by atoms with Crippen LogP contribution in [0.25, 0.3) is 11.2 Å². The van der Waals surface area contributed by atoms with Gasteiger partial charge in [0.15, 0.2) is 17.7 Å². The maximum atomic E-state index is 10.3. The van der Waals surface area contributed by atoms with Gasteiger partial charge in [0.05, 0.1) is 6.33 Å². The van der Waals surface area contributed by atoms with Gasteiger partial charge in [-0.05, 0) is 34.4 Å². The minimum atomic E-state index is -3.95. The molecule has 2 aromatic rings. The molecule has 1 aliphatic rings. The highest BCUT2D eigenvalue weighted by molar-refractivity contribution is 14.1. The van der Waals surface area contributed by atoms with E-state index in [4.69, 9.17) is 15.0 Å². The lowest BCUT2D eigenvalue weighted by atomic mass is 10.1. The summed E-state index contributed by atoms with van der Waals surface area (Å²) in [6, 6.07) is 0. The average molecular weight is 489 g/mol. The van der Waals surface area contributed by atoms with Crippen molar-refractivity contribution in [1.82, 2.24) is 19.5 Å². The Kier molecular flexibility index (Phi) is 5.07. The van der Waals surface area contributed by atoms with Gasteiger partial charge in [-0.2, -0.15) is 0 Å². The predicted molar refractivity (Wildman–Crippen MR) is 93.3 cm³/mol. The number of nitrogen functional groups attached to an aromatic ring is 1. The molecule has 0 amide bonds. The summed E-state index contributed by atoms with van der Waals surface area (Å²) >= 11 is 6.10. The van der Waals surface area contributed by atoms with Crippen LogP contribution in [0.15, 0.2) is 12.7 Å². The second-order valence-electron chi connectivity index (χ2n) is 5.00. The number of ether oxygens (including phenoxy) is 1. The fourth-order valence-corrected chi connectivity index (χ4v) is 5.05. The highest BCUT2D eigenvalue weighted by atomic mass is 127. The Hall–Kier alpha value is -0.510. The number of anilines is 1. The van der Waals surface area contributed by atoms with Crippen LogP contribution in [-0.2, 0) is 21.1 Å². The first-order valence-electron chi connectivity index (χ1n) is 6.51. The summed E-state index contributed by atoms with van der Waals surface area (Å²) < 4.78 is 10.9. The second kappa shape index (κ2) is 6.66. The second-order valence-corrected chi connectivity index (χ2v) is 8.85. The van der Waals surface area contributed by atoms with E-state index in [1.807, 2.05) is 0 Å². The summed E-state index contributed by atoms with van der Waals surface area (Å²) in [4.78, 5) is 30.4. The van der Waals surface area contributed by atoms with Gasteiger partial charge in [-0.1, -0.05) is 0 Å². The van der Waals surface area contributed by atoms with Crippen LogP contribution < -0.4 is 5.73 Å². The van der Waals surface area contributed by atoms with E-state index in [9.17, 15) is 20.0 Å². The number of imidazole rings is 1. The summed E-state index contributed by atoms with van der Waals surface area (Å²) in [5, 5.41) is 20.5. The lowest BCUT2D eigenvalue weighted by Gasteiger charge is -2.22. The molecule has 0 bridgehead atoms.